The highest BCUT2D eigenvalue weighted by molar-refractivity contribution is 7.98. The zero-order valence-electron chi connectivity index (χ0n) is 13.8. The van der Waals surface area contributed by atoms with Crippen LogP contribution in [-0.4, -0.2) is 28.7 Å². The maximum atomic E-state index is 3.58. The third kappa shape index (κ3) is 4.79. The van der Waals surface area contributed by atoms with Gasteiger partial charge in [-0.15, -0.1) is 0 Å². The summed E-state index contributed by atoms with van der Waals surface area (Å²) in [5.74, 6) is 1.23. The lowest BCUT2D eigenvalue weighted by Gasteiger charge is -2.20. The SMILES string of the molecule is CSCCCn1cc(CCNC(C)(C)C)c2ccccc21. The summed E-state index contributed by atoms with van der Waals surface area (Å²) in [7, 11) is 0. The van der Waals surface area contributed by atoms with Gasteiger partial charge in [0, 0.05) is 29.2 Å². The number of aryl methyl sites for hydroxylation is 1. The molecule has 1 N–H and O–H groups in total. The summed E-state index contributed by atoms with van der Waals surface area (Å²) >= 11 is 1.93. The highest BCUT2D eigenvalue weighted by atomic mass is 32.2. The molecule has 1 heterocycles. The third-order valence-electron chi connectivity index (χ3n) is 3.67. The van der Waals surface area contributed by atoms with Crippen molar-refractivity contribution in [1.82, 2.24) is 9.88 Å². The maximum absolute atomic E-state index is 3.58. The second kappa shape index (κ2) is 7.37. The second-order valence-electron chi connectivity index (χ2n) is 6.64. The molecule has 2 nitrogen and oxygen atoms in total. The predicted molar refractivity (Wildman–Crippen MR) is 96.4 cm³/mol. The highest BCUT2D eigenvalue weighted by Gasteiger charge is 2.11. The van der Waals surface area contributed by atoms with E-state index in [1.165, 1.54) is 28.6 Å². The van der Waals surface area contributed by atoms with Crippen molar-refractivity contribution in [3.63, 3.8) is 0 Å². The predicted octanol–water partition coefficient (Wildman–Crippen LogP) is 4.33. The number of thioether (sulfide) groups is 1. The van der Waals surface area contributed by atoms with Crippen molar-refractivity contribution in [3.05, 3.63) is 36.0 Å². The summed E-state index contributed by atoms with van der Waals surface area (Å²) in [6.07, 6.45) is 6.86. The lowest BCUT2D eigenvalue weighted by molar-refractivity contribution is 0.429. The number of para-hydroxylation sites is 1. The van der Waals surface area contributed by atoms with Crippen LogP contribution in [0.25, 0.3) is 10.9 Å². The van der Waals surface area contributed by atoms with Crippen molar-refractivity contribution in [1.29, 1.82) is 0 Å². The molecule has 0 radical (unpaired) electrons. The zero-order chi connectivity index (χ0) is 15.3. The Bertz CT molecular complexity index is 566. The molecule has 0 aliphatic rings. The van der Waals surface area contributed by atoms with Crippen molar-refractivity contribution in [2.75, 3.05) is 18.6 Å². The Labute approximate surface area is 133 Å². The zero-order valence-corrected chi connectivity index (χ0v) is 14.6. The van der Waals surface area contributed by atoms with Crippen LogP contribution >= 0.6 is 11.8 Å². The van der Waals surface area contributed by atoms with E-state index in [0.717, 1.165) is 19.5 Å². The molecule has 1 aromatic heterocycles. The summed E-state index contributed by atoms with van der Waals surface area (Å²) in [5.41, 5.74) is 3.03. The van der Waals surface area contributed by atoms with Crippen LogP contribution in [0.3, 0.4) is 0 Å². The van der Waals surface area contributed by atoms with Gasteiger partial charge in [0.25, 0.3) is 0 Å². The molecular formula is C18H28N2S. The minimum atomic E-state index is 0.191. The minimum absolute atomic E-state index is 0.191. The highest BCUT2D eigenvalue weighted by Crippen LogP contribution is 2.22. The van der Waals surface area contributed by atoms with E-state index < -0.39 is 0 Å². The Morgan fingerprint density at radius 2 is 1.95 bits per heavy atom. The largest absolute Gasteiger partial charge is 0.347 e. The van der Waals surface area contributed by atoms with E-state index >= 15 is 0 Å². The van der Waals surface area contributed by atoms with Crippen molar-refractivity contribution >= 4 is 22.7 Å². The standard InChI is InChI=1S/C18H28N2S/c1-18(2,3)19-11-10-15-14-20(12-7-13-21-4)17-9-6-5-8-16(15)17/h5-6,8-9,14,19H,7,10-13H2,1-4H3. The smallest absolute Gasteiger partial charge is 0.0483 e. The van der Waals surface area contributed by atoms with Gasteiger partial charge in [-0.25, -0.2) is 0 Å². The lowest BCUT2D eigenvalue weighted by Crippen LogP contribution is -2.37. The average Bonchev–Trinajstić information content (AvgIpc) is 2.77. The Balaban J connectivity index is 2.11. The quantitative estimate of drug-likeness (QED) is 0.767. The van der Waals surface area contributed by atoms with Crippen LogP contribution in [0.4, 0.5) is 0 Å². The van der Waals surface area contributed by atoms with Crippen LogP contribution in [0.2, 0.25) is 0 Å². The molecule has 2 aromatic rings. The average molecular weight is 305 g/mol. The molecule has 2 rings (SSSR count). The number of nitrogens with one attached hydrogen (secondary N) is 1. The molecule has 0 amide bonds. The van der Waals surface area contributed by atoms with Crippen molar-refractivity contribution in [3.8, 4) is 0 Å². The van der Waals surface area contributed by atoms with E-state index in [0.29, 0.717) is 0 Å². The van der Waals surface area contributed by atoms with Crippen molar-refractivity contribution in [2.24, 2.45) is 0 Å². The molecule has 0 bridgehead atoms. The van der Waals surface area contributed by atoms with E-state index in [1.54, 1.807) is 0 Å². The van der Waals surface area contributed by atoms with Gasteiger partial charge in [-0.2, -0.15) is 11.8 Å². The van der Waals surface area contributed by atoms with Gasteiger partial charge in [0.1, 0.15) is 0 Å². The molecule has 0 fully saturated rings. The fourth-order valence-electron chi connectivity index (χ4n) is 2.66. The van der Waals surface area contributed by atoms with Crippen molar-refractivity contribution < 1.29 is 0 Å². The van der Waals surface area contributed by atoms with Crippen molar-refractivity contribution in [2.45, 2.75) is 45.7 Å². The first kappa shape index (κ1) is 16.4. The van der Waals surface area contributed by atoms with E-state index in [4.69, 9.17) is 0 Å². The number of nitrogens with zero attached hydrogens (tertiary/aromatic N) is 1. The van der Waals surface area contributed by atoms with E-state index in [2.05, 4.69) is 67.4 Å². The second-order valence-corrected chi connectivity index (χ2v) is 7.62. The van der Waals surface area contributed by atoms with Crippen LogP contribution in [0.1, 0.15) is 32.8 Å². The number of aromatic nitrogens is 1. The molecule has 1 aromatic carbocycles. The van der Waals surface area contributed by atoms with Gasteiger partial charge >= 0.3 is 0 Å². The molecule has 0 saturated heterocycles. The number of fused-ring (bicyclic) bond motifs is 1. The van der Waals surface area contributed by atoms with Crippen LogP contribution in [0.15, 0.2) is 30.5 Å². The molecule has 0 saturated carbocycles. The minimum Gasteiger partial charge on any atom is -0.347 e. The van der Waals surface area contributed by atoms with Crippen LogP contribution in [-0.2, 0) is 13.0 Å². The molecular weight excluding hydrogens is 276 g/mol. The fourth-order valence-corrected chi connectivity index (χ4v) is 3.08. The Hall–Kier alpha value is -0.930. The van der Waals surface area contributed by atoms with E-state index in [-0.39, 0.29) is 5.54 Å². The lowest BCUT2D eigenvalue weighted by atomic mass is 10.1. The first-order valence-electron chi connectivity index (χ1n) is 7.82. The summed E-state index contributed by atoms with van der Waals surface area (Å²) in [5, 5.41) is 5.00. The summed E-state index contributed by atoms with van der Waals surface area (Å²) in [6, 6.07) is 8.79. The fraction of sp³-hybridized carbons (Fsp3) is 0.556. The Kier molecular flexibility index (Phi) is 5.77. The maximum Gasteiger partial charge on any atom is 0.0483 e. The van der Waals surface area contributed by atoms with Crippen LogP contribution in [0.5, 0.6) is 0 Å². The van der Waals surface area contributed by atoms with Crippen LogP contribution < -0.4 is 5.32 Å². The van der Waals surface area contributed by atoms with Gasteiger partial charge in [-0.1, -0.05) is 18.2 Å². The van der Waals surface area contributed by atoms with Crippen LogP contribution in [0, 0.1) is 0 Å². The molecule has 0 unspecified atom stereocenters. The number of rotatable bonds is 7. The third-order valence-corrected chi connectivity index (χ3v) is 4.37. The van der Waals surface area contributed by atoms with Gasteiger partial charge in [0.15, 0.2) is 0 Å². The van der Waals surface area contributed by atoms with Gasteiger partial charge in [-0.05, 0) is 63.8 Å². The summed E-state index contributed by atoms with van der Waals surface area (Å²) in [4.78, 5) is 0. The number of hydrogen-bond donors (Lipinski definition) is 1. The van der Waals surface area contributed by atoms with Gasteiger partial charge < -0.3 is 9.88 Å². The summed E-state index contributed by atoms with van der Waals surface area (Å²) in [6.45, 7) is 8.81. The van der Waals surface area contributed by atoms with Gasteiger partial charge in [0.2, 0.25) is 0 Å². The molecule has 0 spiro atoms. The molecule has 116 valence electrons. The molecule has 0 atom stereocenters. The van der Waals surface area contributed by atoms with E-state index in [1.807, 2.05) is 11.8 Å². The topological polar surface area (TPSA) is 17.0 Å². The van der Waals surface area contributed by atoms with E-state index in [9.17, 15) is 0 Å². The normalized spacial score (nSPS) is 12.2. The first-order valence-corrected chi connectivity index (χ1v) is 9.21. The Morgan fingerprint density at radius 1 is 1.19 bits per heavy atom. The summed E-state index contributed by atoms with van der Waals surface area (Å²) < 4.78 is 2.43. The Morgan fingerprint density at radius 3 is 2.67 bits per heavy atom. The number of benzene rings is 1. The van der Waals surface area contributed by atoms with Gasteiger partial charge in [0.05, 0.1) is 0 Å². The first-order chi connectivity index (χ1) is 10.0. The molecule has 0 aliphatic heterocycles. The molecule has 0 aliphatic carbocycles. The van der Waals surface area contributed by atoms with Gasteiger partial charge in [-0.3, -0.25) is 0 Å². The molecule has 3 heteroatoms. The molecule has 21 heavy (non-hydrogen) atoms. The number of hydrogen-bond acceptors (Lipinski definition) is 2. The monoisotopic (exact) mass is 304 g/mol.